The molecule has 3 N–H and O–H groups in total. The molecule has 0 amide bonds. The van der Waals surface area contributed by atoms with Gasteiger partial charge < -0.3 is 10.8 Å². The fraction of sp³-hybridized carbons (Fsp3) is 0.400. The van der Waals surface area contributed by atoms with Crippen molar-refractivity contribution in [3.63, 3.8) is 0 Å². The minimum atomic E-state index is 0.225. The average molecular weight is 197 g/mol. The average Bonchev–Trinajstić information content (AvgIpc) is 2.15. The van der Waals surface area contributed by atoms with Gasteiger partial charge in [-0.1, -0.05) is 6.07 Å². The van der Waals surface area contributed by atoms with Crippen molar-refractivity contribution < 1.29 is 5.11 Å². The second kappa shape index (κ2) is 5.27. The fourth-order valence-corrected chi connectivity index (χ4v) is 1.90. The first-order valence-corrected chi connectivity index (χ1v) is 5.29. The van der Waals surface area contributed by atoms with Gasteiger partial charge in [-0.05, 0) is 30.2 Å². The van der Waals surface area contributed by atoms with Crippen molar-refractivity contribution in [3.8, 4) is 0 Å². The molecule has 3 heteroatoms. The van der Waals surface area contributed by atoms with Gasteiger partial charge in [-0.3, -0.25) is 0 Å². The molecule has 1 rings (SSSR count). The van der Waals surface area contributed by atoms with E-state index < -0.39 is 0 Å². The molecule has 13 heavy (non-hydrogen) atoms. The van der Waals surface area contributed by atoms with Crippen molar-refractivity contribution in [3.05, 3.63) is 29.3 Å². The van der Waals surface area contributed by atoms with E-state index in [1.165, 1.54) is 16.0 Å². The summed E-state index contributed by atoms with van der Waals surface area (Å²) in [6, 6.07) is 6.22. The molecular weight excluding hydrogens is 182 g/mol. The van der Waals surface area contributed by atoms with E-state index in [9.17, 15) is 0 Å². The summed E-state index contributed by atoms with van der Waals surface area (Å²) in [5.41, 5.74) is 7.97. The molecule has 0 saturated heterocycles. The van der Waals surface area contributed by atoms with E-state index in [2.05, 4.69) is 25.1 Å². The zero-order valence-corrected chi connectivity index (χ0v) is 8.60. The third-order valence-corrected chi connectivity index (χ3v) is 2.87. The van der Waals surface area contributed by atoms with Gasteiger partial charge in [-0.2, -0.15) is 0 Å². The lowest BCUT2D eigenvalue weighted by atomic mass is 10.1. The van der Waals surface area contributed by atoms with E-state index in [-0.39, 0.29) is 6.61 Å². The highest BCUT2D eigenvalue weighted by Crippen LogP contribution is 2.20. The van der Waals surface area contributed by atoms with Gasteiger partial charge in [0.05, 0.1) is 6.61 Å². The first kappa shape index (κ1) is 10.6. The Hall–Kier alpha value is -0.510. The minimum Gasteiger partial charge on any atom is -0.396 e. The fourth-order valence-electron chi connectivity index (χ4n) is 1.15. The molecule has 1 aromatic carbocycles. The molecule has 0 bridgehead atoms. The Morgan fingerprint density at radius 2 is 2.23 bits per heavy atom. The van der Waals surface area contributed by atoms with Crippen LogP contribution in [0.3, 0.4) is 0 Å². The van der Waals surface area contributed by atoms with Gasteiger partial charge in [0.15, 0.2) is 0 Å². The van der Waals surface area contributed by atoms with E-state index in [4.69, 9.17) is 10.8 Å². The Bertz CT molecular complexity index is 276. The minimum absolute atomic E-state index is 0.225. The van der Waals surface area contributed by atoms with Crippen LogP contribution in [0, 0.1) is 6.92 Å². The zero-order chi connectivity index (χ0) is 9.68. The number of aliphatic hydroxyl groups excluding tert-OH is 1. The molecule has 0 saturated carbocycles. The smallest absolute Gasteiger partial charge is 0.0525 e. The molecule has 0 aromatic heterocycles. The van der Waals surface area contributed by atoms with Gasteiger partial charge in [-0.25, -0.2) is 0 Å². The van der Waals surface area contributed by atoms with E-state index in [0.717, 1.165) is 5.75 Å². The number of aryl methyl sites for hydroxylation is 1. The highest BCUT2D eigenvalue weighted by Gasteiger charge is 1.98. The first-order valence-electron chi connectivity index (χ1n) is 4.31. The molecule has 0 atom stereocenters. The maximum absolute atomic E-state index is 8.66. The second-order valence-corrected chi connectivity index (χ2v) is 4.03. The van der Waals surface area contributed by atoms with Crippen LogP contribution in [0.2, 0.25) is 0 Å². The third-order valence-electron chi connectivity index (χ3n) is 1.89. The topological polar surface area (TPSA) is 46.2 Å². The van der Waals surface area contributed by atoms with Crippen LogP contribution in [0.25, 0.3) is 0 Å². The van der Waals surface area contributed by atoms with Crippen LogP contribution in [0.1, 0.15) is 11.1 Å². The zero-order valence-electron chi connectivity index (χ0n) is 7.79. The van der Waals surface area contributed by atoms with Gasteiger partial charge in [-0.15, -0.1) is 11.8 Å². The number of rotatable bonds is 4. The highest BCUT2D eigenvalue weighted by atomic mass is 32.2. The summed E-state index contributed by atoms with van der Waals surface area (Å²) in [5, 5.41) is 8.66. The number of aliphatic hydroxyl groups is 1. The van der Waals surface area contributed by atoms with E-state index >= 15 is 0 Å². The van der Waals surface area contributed by atoms with Crippen LogP contribution in [0.4, 0.5) is 0 Å². The highest BCUT2D eigenvalue weighted by molar-refractivity contribution is 7.99. The Morgan fingerprint density at radius 3 is 2.77 bits per heavy atom. The molecule has 0 aliphatic heterocycles. The molecule has 0 radical (unpaired) electrons. The van der Waals surface area contributed by atoms with Crippen LogP contribution >= 0.6 is 11.8 Å². The number of hydrogen-bond acceptors (Lipinski definition) is 3. The van der Waals surface area contributed by atoms with Crippen molar-refractivity contribution in [2.75, 3.05) is 12.4 Å². The van der Waals surface area contributed by atoms with Crippen molar-refractivity contribution >= 4 is 11.8 Å². The van der Waals surface area contributed by atoms with Gasteiger partial charge in [0, 0.05) is 17.2 Å². The second-order valence-electron chi connectivity index (χ2n) is 2.86. The van der Waals surface area contributed by atoms with Crippen LogP contribution in [-0.4, -0.2) is 17.5 Å². The predicted octanol–water partition coefficient (Wildman–Crippen LogP) is 1.54. The Kier molecular flexibility index (Phi) is 4.28. The molecule has 1 aromatic rings. The van der Waals surface area contributed by atoms with E-state index in [1.807, 2.05) is 0 Å². The van der Waals surface area contributed by atoms with Crippen molar-refractivity contribution in [1.82, 2.24) is 0 Å². The number of benzene rings is 1. The summed E-state index contributed by atoms with van der Waals surface area (Å²) in [5.74, 6) is 0.751. The predicted molar refractivity (Wildman–Crippen MR) is 56.9 cm³/mol. The normalized spacial score (nSPS) is 10.4. The van der Waals surface area contributed by atoms with E-state index in [1.54, 1.807) is 11.8 Å². The lowest BCUT2D eigenvalue weighted by molar-refractivity contribution is 0.322. The lowest BCUT2D eigenvalue weighted by Crippen LogP contribution is -1.98. The van der Waals surface area contributed by atoms with Crippen molar-refractivity contribution in [2.45, 2.75) is 18.4 Å². The van der Waals surface area contributed by atoms with Crippen LogP contribution in [-0.2, 0) is 6.54 Å². The molecule has 0 unspecified atom stereocenters. The molecule has 0 aliphatic carbocycles. The molecule has 0 spiro atoms. The summed E-state index contributed by atoms with van der Waals surface area (Å²) in [7, 11) is 0. The quantitative estimate of drug-likeness (QED) is 0.720. The Balaban J connectivity index is 2.71. The number of nitrogens with two attached hydrogens (primary N) is 1. The molecule has 72 valence electrons. The number of hydrogen-bond donors (Lipinski definition) is 2. The van der Waals surface area contributed by atoms with Crippen LogP contribution in [0.15, 0.2) is 23.1 Å². The SMILES string of the molecule is Cc1cc(SCCO)ccc1CN. The monoisotopic (exact) mass is 197 g/mol. The summed E-state index contributed by atoms with van der Waals surface area (Å²) in [6.45, 7) is 2.88. The maximum atomic E-state index is 8.66. The first-order chi connectivity index (χ1) is 6.27. The Morgan fingerprint density at radius 1 is 1.46 bits per heavy atom. The molecule has 0 heterocycles. The van der Waals surface area contributed by atoms with Crippen LogP contribution in [0.5, 0.6) is 0 Å². The molecule has 2 nitrogen and oxygen atoms in total. The largest absolute Gasteiger partial charge is 0.396 e. The van der Waals surface area contributed by atoms with E-state index in [0.29, 0.717) is 6.54 Å². The third kappa shape index (κ3) is 3.03. The number of thioether (sulfide) groups is 1. The standard InChI is InChI=1S/C10H15NOS/c1-8-6-10(13-5-4-12)3-2-9(8)7-11/h2-3,6,12H,4-5,7,11H2,1H3. The van der Waals surface area contributed by atoms with Gasteiger partial charge in [0.2, 0.25) is 0 Å². The molecule has 0 fully saturated rings. The lowest BCUT2D eigenvalue weighted by Gasteiger charge is -2.05. The van der Waals surface area contributed by atoms with Gasteiger partial charge in [0.25, 0.3) is 0 Å². The van der Waals surface area contributed by atoms with Crippen molar-refractivity contribution in [1.29, 1.82) is 0 Å². The van der Waals surface area contributed by atoms with Gasteiger partial charge in [0.1, 0.15) is 0 Å². The summed E-state index contributed by atoms with van der Waals surface area (Å²) >= 11 is 1.66. The summed E-state index contributed by atoms with van der Waals surface area (Å²) in [6.07, 6.45) is 0. The Labute approximate surface area is 83.1 Å². The summed E-state index contributed by atoms with van der Waals surface area (Å²) < 4.78 is 0. The van der Waals surface area contributed by atoms with Crippen molar-refractivity contribution in [2.24, 2.45) is 5.73 Å². The van der Waals surface area contributed by atoms with Crippen LogP contribution < -0.4 is 5.73 Å². The maximum Gasteiger partial charge on any atom is 0.0525 e. The summed E-state index contributed by atoms with van der Waals surface area (Å²) in [4.78, 5) is 1.20. The molecular formula is C10H15NOS. The van der Waals surface area contributed by atoms with Gasteiger partial charge >= 0.3 is 0 Å². The molecule has 0 aliphatic rings.